The van der Waals surface area contributed by atoms with Crippen LogP contribution in [0.2, 0.25) is 0 Å². The summed E-state index contributed by atoms with van der Waals surface area (Å²) in [5.74, 6) is -0.677. The van der Waals surface area contributed by atoms with Gasteiger partial charge in [-0.2, -0.15) is 0 Å². The highest BCUT2D eigenvalue weighted by Gasteiger charge is 2.17. The Kier molecular flexibility index (Phi) is 5.34. The van der Waals surface area contributed by atoms with E-state index in [-0.39, 0.29) is 5.69 Å². The van der Waals surface area contributed by atoms with E-state index in [2.05, 4.69) is 10.3 Å². The van der Waals surface area contributed by atoms with E-state index in [1.54, 1.807) is 11.4 Å². The molecule has 0 saturated carbocycles. The lowest BCUT2D eigenvalue weighted by atomic mass is 10.1. The number of furan rings is 1. The van der Waals surface area contributed by atoms with Crippen LogP contribution in [0.5, 0.6) is 5.75 Å². The van der Waals surface area contributed by atoms with Crippen LogP contribution in [-0.2, 0) is 9.53 Å². The lowest BCUT2D eigenvalue weighted by Gasteiger charge is -2.10. The minimum atomic E-state index is -0.654. The summed E-state index contributed by atoms with van der Waals surface area (Å²) in [6, 6.07) is 15.0. The first-order valence-electron chi connectivity index (χ1n) is 9.58. The van der Waals surface area contributed by atoms with E-state index in [9.17, 15) is 9.59 Å². The molecule has 0 aliphatic heterocycles. The molecular formula is C23H16N2O5S2. The number of nitrogens with one attached hydrogen (secondary N) is 1. The largest absolute Gasteiger partial charge is 0.495 e. The number of ether oxygens (including phenoxy) is 2. The van der Waals surface area contributed by atoms with Gasteiger partial charge < -0.3 is 19.2 Å². The minimum absolute atomic E-state index is 0.174. The van der Waals surface area contributed by atoms with Crippen molar-refractivity contribution in [2.24, 2.45) is 0 Å². The second-order valence-corrected chi connectivity index (χ2v) is 8.59. The van der Waals surface area contributed by atoms with Gasteiger partial charge in [0.05, 0.1) is 17.7 Å². The fraction of sp³-hybridized carbons (Fsp3) is 0.0870. The number of esters is 1. The van der Waals surface area contributed by atoms with Crippen molar-refractivity contribution in [1.29, 1.82) is 0 Å². The number of benzene rings is 2. The molecule has 1 N–H and O–H groups in total. The number of thiazole rings is 1. The molecular weight excluding hydrogens is 448 g/mol. The van der Waals surface area contributed by atoms with Crippen LogP contribution < -0.4 is 10.1 Å². The zero-order chi connectivity index (χ0) is 22.1. The lowest BCUT2D eigenvalue weighted by molar-refractivity contribution is -0.119. The smallest absolute Gasteiger partial charge is 0.358 e. The Labute approximate surface area is 190 Å². The first kappa shape index (κ1) is 20.2. The quantitative estimate of drug-likeness (QED) is 0.330. The van der Waals surface area contributed by atoms with E-state index in [1.165, 1.54) is 29.8 Å². The topological polar surface area (TPSA) is 90.7 Å². The zero-order valence-electron chi connectivity index (χ0n) is 16.8. The fourth-order valence-electron chi connectivity index (χ4n) is 3.29. The van der Waals surface area contributed by atoms with Crippen LogP contribution in [-0.4, -0.2) is 30.6 Å². The minimum Gasteiger partial charge on any atom is -0.495 e. The summed E-state index contributed by atoms with van der Waals surface area (Å²) < 4.78 is 16.4. The number of hydrogen-bond acceptors (Lipinski definition) is 8. The first-order valence-corrected chi connectivity index (χ1v) is 11.3. The molecule has 9 heteroatoms. The van der Waals surface area contributed by atoms with E-state index in [0.717, 1.165) is 26.2 Å². The summed E-state index contributed by atoms with van der Waals surface area (Å²) in [4.78, 5) is 30.0. The van der Waals surface area contributed by atoms with Crippen molar-refractivity contribution in [2.45, 2.75) is 0 Å². The van der Waals surface area contributed by atoms with Gasteiger partial charge in [-0.3, -0.25) is 4.79 Å². The summed E-state index contributed by atoms with van der Waals surface area (Å²) >= 11 is 2.89. The third-order valence-electron chi connectivity index (χ3n) is 4.75. The van der Waals surface area contributed by atoms with E-state index in [0.29, 0.717) is 17.0 Å². The molecule has 5 rings (SSSR count). The molecule has 1 amide bonds. The average Bonchev–Trinajstić information content (AvgIpc) is 3.56. The van der Waals surface area contributed by atoms with Gasteiger partial charge in [-0.05, 0) is 23.6 Å². The van der Waals surface area contributed by atoms with Crippen LogP contribution in [0.4, 0.5) is 5.69 Å². The van der Waals surface area contributed by atoms with Gasteiger partial charge in [0.1, 0.15) is 21.9 Å². The van der Waals surface area contributed by atoms with Gasteiger partial charge in [0.25, 0.3) is 5.91 Å². The van der Waals surface area contributed by atoms with E-state index < -0.39 is 18.5 Å². The Hall–Kier alpha value is -3.69. The maximum absolute atomic E-state index is 12.4. The third-order valence-corrected chi connectivity index (χ3v) is 6.63. The number of rotatable bonds is 6. The highest BCUT2D eigenvalue weighted by atomic mass is 32.1. The molecule has 0 aliphatic carbocycles. The van der Waals surface area contributed by atoms with E-state index >= 15 is 0 Å². The number of methoxy groups -OCH3 is 1. The standard InChI is InChI=1S/C23H16N2O5S2/c1-28-19-9-14-13-5-2-3-6-17(13)30-18(14)10-15(19)24-21(26)11-29-23(27)16-12-32-22(25-16)20-7-4-8-31-20/h2-10,12H,11H2,1H3,(H,24,26). The molecule has 3 heterocycles. The molecule has 160 valence electrons. The number of hydrogen-bond donors (Lipinski definition) is 1. The van der Waals surface area contributed by atoms with Crippen molar-refractivity contribution >= 4 is 62.2 Å². The Morgan fingerprint density at radius 3 is 2.75 bits per heavy atom. The van der Waals surface area contributed by atoms with Crippen molar-refractivity contribution in [3.8, 4) is 15.6 Å². The molecule has 5 aromatic rings. The normalized spacial score (nSPS) is 11.0. The van der Waals surface area contributed by atoms with Crippen molar-refractivity contribution in [3.63, 3.8) is 0 Å². The number of amides is 1. The molecule has 0 spiro atoms. The predicted octanol–water partition coefficient (Wildman–Crippen LogP) is 5.58. The third kappa shape index (κ3) is 3.83. The predicted molar refractivity (Wildman–Crippen MR) is 125 cm³/mol. The molecule has 0 radical (unpaired) electrons. The van der Waals surface area contributed by atoms with Crippen LogP contribution in [0.25, 0.3) is 31.8 Å². The summed E-state index contributed by atoms with van der Waals surface area (Å²) in [6.45, 7) is -0.452. The maximum atomic E-state index is 12.4. The van der Waals surface area contributed by atoms with E-state index in [1.807, 2.05) is 47.8 Å². The molecule has 7 nitrogen and oxygen atoms in total. The molecule has 32 heavy (non-hydrogen) atoms. The highest BCUT2D eigenvalue weighted by molar-refractivity contribution is 7.20. The Morgan fingerprint density at radius 2 is 1.94 bits per heavy atom. The van der Waals surface area contributed by atoms with E-state index in [4.69, 9.17) is 13.9 Å². The summed E-state index contributed by atoms with van der Waals surface area (Å²) in [5.41, 5.74) is 1.95. The molecule has 2 aromatic carbocycles. The first-order chi connectivity index (χ1) is 15.6. The van der Waals surface area contributed by atoms with Crippen LogP contribution in [0.1, 0.15) is 10.5 Å². The summed E-state index contributed by atoms with van der Waals surface area (Å²) in [7, 11) is 1.52. The molecule has 0 atom stereocenters. The number of thiophene rings is 1. The molecule has 0 saturated heterocycles. The number of carbonyl (C=O) groups excluding carboxylic acids is 2. The second kappa shape index (κ2) is 8.45. The van der Waals surface area contributed by atoms with Crippen LogP contribution >= 0.6 is 22.7 Å². The Morgan fingerprint density at radius 1 is 1.06 bits per heavy atom. The fourth-order valence-corrected chi connectivity index (χ4v) is 4.89. The number of anilines is 1. The monoisotopic (exact) mass is 464 g/mol. The number of carbonyl (C=O) groups is 2. The molecule has 0 aliphatic rings. The van der Waals surface area contributed by atoms with Crippen molar-refractivity contribution < 1.29 is 23.5 Å². The van der Waals surface area contributed by atoms with Gasteiger partial charge in [0.15, 0.2) is 12.3 Å². The van der Waals surface area contributed by atoms with Gasteiger partial charge in [-0.1, -0.05) is 24.3 Å². The average molecular weight is 465 g/mol. The van der Waals surface area contributed by atoms with Gasteiger partial charge in [-0.15, -0.1) is 22.7 Å². The number of nitrogens with zero attached hydrogens (tertiary/aromatic N) is 1. The summed E-state index contributed by atoms with van der Waals surface area (Å²) in [5, 5.41) is 8.85. The SMILES string of the molecule is COc1cc2c(cc1NC(=O)COC(=O)c1csc(-c3cccs3)n1)oc1ccccc12. The lowest BCUT2D eigenvalue weighted by Crippen LogP contribution is -2.21. The van der Waals surface area contributed by atoms with Crippen LogP contribution in [0, 0.1) is 0 Å². The second-order valence-electron chi connectivity index (χ2n) is 6.79. The highest BCUT2D eigenvalue weighted by Crippen LogP contribution is 2.36. The Bertz CT molecular complexity index is 1440. The Balaban J connectivity index is 1.28. The van der Waals surface area contributed by atoms with Gasteiger partial charge in [-0.25, -0.2) is 9.78 Å². The van der Waals surface area contributed by atoms with Crippen molar-refractivity contribution in [3.05, 3.63) is 65.0 Å². The molecule has 0 fully saturated rings. The van der Waals surface area contributed by atoms with Crippen molar-refractivity contribution in [1.82, 2.24) is 4.98 Å². The number of aromatic nitrogens is 1. The number of fused-ring (bicyclic) bond motifs is 3. The van der Waals surface area contributed by atoms with Gasteiger partial charge in [0, 0.05) is 22.2 Å². The maximum Gasteiger partial charge on any atom is 0.358 e. The van der Waals surface area contributed by atoms with Gasteiger partial charge in [0.2, 0.25) is 0 Å². The molecule has 0 unspecified atom stereocenters. The van der Waals surface area contributed by atoms with Crippen molar-refractivity contribution in [2.75, 3.05) is 19.0 Å². The molecule has 3 aromatic heterocycles. The van der Waals surface area contributed by atoms with Crippen LogP contribution in [0.15, 0.2) is 63.7 Å². The summed E-state index contributed by atoms with van der Waals surface area (Å²) in [6.07, 6.45) is 0. The number of para-hydroxylation sites is 1. The zero-order valence-corrected chi connectivity index (χ0v) is 18.4. The van der Waals surface area contributed by atoms with Gasteiger partial charge >= 0.3 is 5.97 Å². The van der Waals surface area contributed by atoms with Crippen LogP contribution in [0.3, 0.4) is 0 Å². The molecule has 0 bridgehead atoms.